The number of pyridine rings is 1. The molecule has 1 aliphatic rings. The molecule has 1 aromatic carbocycles. The monoisotopic (exact) mass is 242 g/mol. The fourth-order valence-corrected chi connectivity index (χ4v) is 2.37. The molecule has 1 aromatic heterocycles. The van der Waals surface area contributed by atoms with Crippen molar-refractivity contribution in [3.8, 4) is 0 Å². The molecule has 3 nitrogen and oxygen atoms in total. The number of hydrogen-bond donors (Lipinski definition) is 1. The molecule has 1 heterocycles. The minimum atomic E-state index is 0.143. The second kappa shape index (κ2) is 4.58. The van der Waals surface area contributed by atoms with Crippen LogP contribution in [0.2, 0.25) is 0 Å². The second-order valence-electron chi connectivity index (χ2n) is 4.93. The van der Waals surface area contributed by atoms with Crippen molar-refractivity contribution < 1.29 is 0 Å². The van der Waals surface area contributed by atoms with Crippen LogP contribution in [0.1, 0.15) is 25.3 Å². The quantitative estimate of drug-likeness (QED) is 0.892. The second-order valence-corrected chi connectivity index (χ2v) is 4.93. The van der Waals surface area contributed by atoms with E-state index in [9.17, 15) is 4.79 Å². The highest BCUT2D eigenvalue weighted by molar-refractivity contribution is 5.79. The molecular formula is C15H18N2O. The molecule has 2 aromatic rings. The van der Waals surface area contributed by atoms with E-state index >= 15 is 0 Å². The number of benzene rings is 1. The maximum absolute atomic E-state index is 12.4. The summed E-state index contributed by atoms with van der Waals surface area (Å²) in [5, 5.41) is 4.56. The molecule has 0 bridgehead atoms. The molecule has 1 saturated carbocycles. The van der Waals surface area contributed by atoms with Crippen LogP contribution in [0.25, 0.3) is 10.9 Å². The van der Waals surface area contributed by atoms with Gasteiger partial charge in [0, 0.05) is 24.7 Å². The zero-order valence-corrected chi connectivity index (χ0v) is 10.6. The number of aromatic nitrogens is 1. The van der Waals surface area contributed by atoms with Crippen LogP contribution in [-0.2, 0) is 13.1 Å². The molecule has 1 aliphatic carbocycles. The van der Waals surface area contributed by atoms with Gasteiger partial charge in [0.25, 0.3) is 5.56 Å². The van der Waals surface area contributed by atoms with E-state index in [0.717, 1.165) is 23.0 Å². The lowest BCUT2D eigenvalue weighted by Gasteiger charge is -2.11. The van der Waals surface area contributed by atoms with Crippen molar-refractivity contribution in [1.82, 2.24) is 9.88 Å². The first-order chi connectivity index (χ1) is 8.79. The molecule has 0 spiro atoms. The lowest BCUT2D eigenvalue weighted by Crippen LogP contribution is -2.27. The van der Waals surface area contributed by atoms with Crippen LogP contribution < -0.4 is 10.9 Å². The number of fused-ring (bicyclic) bond motifs is 1. The average molecular weight is 242 g/mol. The van der Waals surface area contributed by atoms with Gasteiger partial charge in [-0.15, -0.1) is 0 Å². The SMILES string of the molecule is CCn1c(=O)c(CNC2CC2)cc2ccccc21. The molecule has 1 N–H and O–H groups in total. The number of para-hydroxylation sites is 1. The summed E-state index contributed by atoms with van der Waals surface area (Å²) in [5.74, 6) is 0. The Bertz CT molecular complexity index is 626. The Hall–Kier alpha value is -1.61. The van der Waals surface area contributed by atoms with Crippen molar-refractivity contribution >= 4 is 10.9 Å². The lowest BCUT2D eigenvalue weighted by atomic mass is 10.1. The summed E-state index contributed by atoms with van der Waals surface area (Å²) in [7, 11) is 0. The summed E-state index contributed by atoms with van der Waals surface area (Å²) in [6, 6.07) is 10.7. The highest BCUT2D eigenvalue weighted by Gasteiger charge is 2.20. The Morgan fingerprint density at radius 1 is 1.33 bits per heavy atom. The molecule has 94 valence electrons. The summed E-state index contributed by atoms with van der Waals surface area (Å²) < 4.78 is 1.86. The maximum atomic E-state index is 12.4. The maximum Gasteiger partial charge on any atom is 0.255 e. The fourth-order valence-electron chi connectivity index (χ4n) is 2.37. The van der Waals surface area contributed by atoms with E-state index in [2.05, 4.69) is 11.4 Å². The van der Waals surface area contributed by atoms with Crippen LogP contribution in [-0.4, -0.2) is 10.6 Å². The van der Waals surface area contributed by atoms with Gasteiger partial charge in [0.15, 0.2) is 0 Å². The third kappa shape index (κ3) is 2.06. The largest absolute Gasteiger partial charge is 0.310 e. The van der Waals surface area contributed by atoms with Crippen molar-refractivity contribution in [3.05, 3.63) is 46.2 Å². The zero-order valence-electron chi connectivity index (χ0n) is 10.6. The molecular weight excluding hydrogens is 224 g/mol. The molecule has 1 fully saturated rings. The van der Waals surface area contributed by atoms with Crippen LogP contribution in [0.4, 0.5) is 0 Å². The number of aryl methyl sites for hydroxylation is 1. The molecule has 0 atom stereocenters. The molecule has 0 saturated heterocycles. The van der Waals surface area contributed by atoms with Gasteiger partial charge in [-0.1, -0.05) is 18.2 Å². The van der Waals surface area contributed by atoms with Crippen molar-refractivity contribution in [2.45, 2.75) is 38.9 Å². The van der Waals surface area contributed by atoms with Crippen molar-refractivity contribution in [2.75, 3.05) is 0 Å². The van der Waals surface area contributed by atoms with Crippen LogP contribution in [0, 0.1) is 0 Å². The molecule has 3 rings (SSSR count). The van der Waals surface area contributed by atoms with Crippen LogP contribution >= 0.6 is 0 Å². The van der Waals surface area contributed by atoms with Crippen molar-refractivity contribution in [3.63, 3.8) is 0 Å². The van der Waals surface area contributed by atoms with Gasteiger partial charge >= 0.3 is 0 Å². The van der Waals surface area contributed by atoms with Gasteiger partial charge in [0.05, 0.1) is 5.52 Å². The Morgan fingerprint density at radius 2 is 2.11 bits per heavy atom. The Morgan fingerprint density at radius 3 is 2.83 bits per heavy atom. The third-order valence-electron chi connectivity index (χ3n) is 3.55. The van der Waals surface area contributed by atoms with Gasteiger partial charge in [0.1, 0.15) is 0 Å². The average Bonchev–Trinajstić information content (AvgIpc) is 3.20. The molecule has 3 heteroatoms. The minimum absolute atomic E-state index is 0.143. The van der Waals surface area contributed by atoms with E-state index in [-0.39, 0.29) is 5.56 Å². The summed E-state index contributed by atoms with van der Waals surface area (Å²) in [6.45, 7) is 3.43. The predicted octanol–water partition coefficient (Wildman–Crippen LogP) is 2.27. The summed E-state index contributed by atoms with van der Waals surface area (Å²) in [4.78, 5) is 12.4. The summed E-state index contributed by atoms with van der Waals surface area (Å²) in [6.07, 6.45) is 2.49. The number of hydrogen-bond acceptors (Lipinski definition) is 2. The smallest absolute Gasteiger partial charge is 0.255 e. The first-order valence-corrected chi connectivity index (χ1v) is 6.64. The minimum Gasteiger partial charge on any atom is -0.310 e. The standard InChI is InChI=1S/C15H18N2O/c1-2-17-14-6-4-3-5-11(14)9-12(15(17)18)10-16-13-7-8-13/h3-6,9,13,16H,2,7-8,10H2,1H3. The number of nitrogens with zero attached hydrogens (tertiary/aromatic N) is 1. The summed E-state index contributed by atoms with van der Waals surface area (Å²) >= 11 is 0. The highest BCUT2D eigenvalue weighted by Crippen LogP contribution is 2.19. The lowest BCUT2D eigenvalue weighted by molar-refractivity contribution is 0.667. The predicted molar refractivity (Wildman–Crippen MR) is 73.7 cm³/mol. The van der Waals surface area contributed by atoms with Crippen LogP contribution in [0.15, 0.2) is 35.1 Å². The van der Waals surface area contributed by atoms with E-state index in [1.807, 2.05) is 35.8 Å². The highest BCUT2D eigenvalue weighted by atomic mass is 16.1. The molecule has 0 amide bonds. The first kappa shape index (κ1) is 11.5. The molecule has 0 aliphatic heterocycles. The Kier molecular flexibility index (Phi) is 2.92. The first-order valence-electron chi connectivity index (χ1n) is 6.64. The topological polar surface area (TPSA) is 34.0 Å². The third-order valence-corrected chi connectivity index (χ3v) is 3.55. The Balaban J connectivity index is 2.07. The van der Waals surface area contributed by atoms with Gasteiger partial charge in [0.2, 0.25) is 0 Å². The molecule has 0 unspecified atom stereocenters. The van der Waals surface area contributed by atoms with Gasteiger partial charge in [-0.2, -0.15) is 0 Å². The zero-order chi connectivity index (χ0) is 12.5. The van der Waals surface area contributed by atoms with E-state index < -0.39 is 0 Å². The molecule has 0 radical (unpaired) electrons. The van der Waals surface area contributed by atoms with E-state index in [1.165, 1.54) is 12.8 Å². The molecule has 18 heavy (non-hydrogen) atoms. The van der Waals surface area contributed by atoms with Crippen molar-refractivity contribution in [2.24, 2.45) is 0 Å². The Labute approximate surface area is 106 Å². The van der Waals surface area contributed by atoms with Gasteiger partial charge in [-0.3, -0.25) is 4.79 Å². The van der Waals surface area contributed by atoms with Crippen molar-refractivity contribution in [1.29, 1.82) is 0 Å². The van der Waals surface area contributed by atoms with E-state index in [4.69, 9.17) is 0 Å². The van der Waals surface area contributed by atoms with Crippen LogP contribution in [0.5, 0.6) is 0 Å². The normalized spacial score (nSPS) is 15.2. The number of rotatable bonds is 4. The van der Waals surface area contributed by atoms with Gasteiger partial charge in [-0.05, 0) is 37.3 Å². The number of nitrogens with one attached hydrogen (secondary N) is 1. The van der Waals surface area contributed by atoms with E-state index in [0.29, 0.717) is 12.6 Å². The summed E-state index contributed by atoms with van der Waals surface area (Å²) in [5.41, 5.74) is 2.05. The van der Waals surface area contributed by atoms with Gasteiger partial charge in [-0.25, -0.2) is 0 Å². The van der Waals surface area contributed by atoms with E-state index in [1.54, 1.807) is 0 Å². The van der Waals surface area contributed by atoms with Crippen LogP contribution in [0.3, 0.4) is 0 Å². The fraction of sp³-hybridized carbons (Fsp3) is 0.400. The van der Waals surface area contributed by atoms with Gasteiger partial charge < -0.3 is 9.88 Å².